The Kier molecular flexibility index (Phi) is 4.90. The summed E-state index contributed by atoms with van der Waals surface area (Å²) in [6.07, 6.45) is 5.05. The molecule has 3 aromatic heterocycles. The minimum atomic E-state index is -0.183. The molecule has 0 atom stereocenters. The molecule has 1 aliphatic carbocycles. The number of hydrogen-bond donors (Lipinski definition) is 1. The zero-order chi connectivity index (χ0) is 23.2. The number of aromatic nitrogens is 6. The van der Waals surface area contributed by atoms with Crippen molar-refractivity contribution in [2.45, 2.75) is 45.6 Å². The molecule has 1 aliphatic rings. The number of aryl methyl sites for hydroxylation is 2. The quantitative estimate of drug-likeness (QED) is 0.404. The number of benzene rings is 2. The van der Waals surface area contributed by atoms with Crippen LogP contribution in [0.1, 0.15) is 48.2 Å². The Bertz CT molecular complexity index is 1550. The summed E-state index contributed by atoms with van der Waals surface area (Å²) in [4.78, 5) is 25.1. The van der Waals surface area contributed by atoms with Crippen molar-refractivity contribution in [1.29, 1.82) is 0 Å². The van der Waals surface area contributed by atoms with Crippen LogP contribution in [-0.2, 0) is 13.0 Å². The highest BCUT2D eigenvalue weighted by molar-refractivity contribution is 5.74. The van der Waals surface area contributed by atoms with E-state index in [1.807, 2.05) is 41.9 Å². The van der Waals surface area contributed by atoms with Crippen LogP contribution in [0.3, 0.4) is 0 Å². The van der Waals surface area contributed by atoms with Gasteiger partial charge in [0.15, 0.2) is 11.5 Å². The van der Waals surface area contributed by atoms with Gasteiger partial charge in [-0.15, -0.1) is 0 Å². The van der Waals surface area contributed by atoms with Gasteiger partial charge in [-0.3, -0.25) is 4.57 Å². The predicted octanol–water partition coefficient (Wildman–Crippen LogP) is 4.77. The molecule has 1 N–H and O–H groups in total. The van der Waals surface area contributed by atoms with Gasteiger partial charge in [-0.2, -0.15) is 5.10 Å². The van der Waals surface area contributed by atoms with Crippen LogP contribution in [0.5, 0.6) is 0 Å². The number of hydrogen-bond acceptors (Lipinski definition) is 4. The van der Waals surface area contributed by atoms with E-state index >= 15 is 0 Å². The number of H-pyrrole nitrogens is 1. The second-order valence-electron chi connectivity index (χ2n) is 9.02. The summed E-state index contributed by atoms with van der Waals surface area (Å²) in [5.41, 5.74) is 7.65. The molecule has 6 rings (SSSR count). The van der Waals surface area contributed by atoms with E-state index in [9.17, 15) is 4.79 Å². The highest BCUT2D eigenvalue weighted by Crippen LogP contribution is 2.43. The van der Waals surface area contributed by atoms with Crippen LogP contribution < -0.4 is 5.69 Å². The van der Waals surface area contributed by atoms with Gasteiger partial charge in [0.1, 0.15) is 5.52 Å². The van der Waals surface area contributed by atoms with Crippen LogP contribution in [-0.4, -0.2) is 29.3 Å². The summed E-state index contributed by atoms with van der Waals surface area (Å²) >= 11 is 0. The summed E-state index contributed by atoms with van der Waals surface area (Å²) < 4.78 is 3.67. The largest absolute Gasteiger partial charge is 0.328 e. The summed E-state index contributed by atoms with van der Waals surface area (Å²) in [5.74, 6) is 1.26. The minimum Gasteiger partial charge on any atom is -0.303 e. The number of nitrogens with one attached hydrogen (secondary N) is 1. The van der Waals surface area contributed by atoms with Crippen molar-refractivity contribution in [3.63, 3.8) is 0 Å². The smallest absolute Gasteiger partial charge is 0.303 e. The Balaban J connectivity index is 1.35. The predicted molar refractivity (Wildman–Crippen MR) is 132 cm³/mol. The average molecular weight is 451 g/mol. The molecule has 5 aromatic rings. The van der Waals surface area contributed by atoms with Gasteiger partial charge in [0.05, 0.1) is 24.1 Å². The second kappa shape index (κ2) is 8.09. The summed E-state index contributed by atoms with van der Waals surface area (Å²) in [6, 6.07) is 18.6. The molecule has 1 saturated carbocycles. The molecule has 7 nitrogen and oxygen atoms in total. The standard InChI is InChI=1S/C27H26N6O/c1-3-20-14-17(2)31-33(20)21-12-8-18(9-13-21)16-32-26-24(29-27(32)34)15-28-25(30-26)23-7-5-4-6-22(23)19-10-11-19/h4-9,12-15,19H,3,10-11,16H2,1-2H3,(H,29,34). The third-order valence-electron chi connectivity index (χ3n) is 6.52. The molecule has 3 heterocycles. The number of nitrogens with zero attached hydrogens (tertiary/aromatic N) is 5. The lowest BCUT2D eigenvalue weighted by atomic mass is 10.0. The molecule has 0 spiro atoms. The first kappa shape index (κ1) is 20.6. The molecular weight excluding hydrogens is 424 g/mol. The van der Waals surface area contributed by atoms with E-state index in [0.717, 1.165) is 28.9 Å². The fourth-order valence-corrected chi connectivity index (χ4v) is 4.63. The van der Waals surface area contributed by atoms with Gasteiger partial charge in [-0.1, -0.05) is 43.3 Å². The zero-order valence-electron chi connectivity index (χ0n) is 19.3. The molecule has 0 aliphatic heterocycles. The molecule has 2 aromatic carbocycles. The first-order chi connectivity index (χ1) is 16.6. The Hall–Kier alpha value is -4.00. The maximum atomic E-state index is 12.8. The van der Waals surface area contributed by atoms with Crippen LogP contribution in [0.4, 0.5) is 0 Å². The van der Waals surface area contributed by atoms with Crippen molar-refractivity contribution in [1.82, 2.24) is 29.3 Å². The Morgan fingerprint density at radius 3 is 2.65 bits per heavy atom. The molecule has 0 bridgehead atoms. The molecule has 170 valence electrons. The van der Waals surface area contributed by atoms with E-state index in [1.165, 1.54) is 24.1 Å². The first-order valence-corrected chi connectivity index (χ1v) is 11.8. The lowest BCUT2D eigenvalue weighted by Crippen LogP contribution is -2.18. The lowest BCUT2D eigenvalue weighted by molar-refractivity contribution is 0.773. The van der Waals surface area contributed by atoms with E-state index in [0.29, 0.717) is 29.5 Å². The third-order valence-corrected chi connectivity index (χ3v) is 6.52. The molecule has 7 heteroatoms. The Morgan fingerprint density at radius 1 is 1.09 bits per heavy atom. The molecule has 0 unspecified atom stereocenters. The second-order valence-corrected chi connectivity index (χ2v) is 9.02. The van der Waals surface area contributed by atoms with Gasteiger partial charge < -0.3 is 4.98 Å². The van der Waals surface area contributed by atoms with Gasteiger partial charge in [0, 0.05) is 11.3 Å². The Morgan fingerprint density at radius 2 is 1.88 bits per heavy atom. The topological polar surface area (TPSA) is 81.4 Å². The molecular formula is C27H26N6O. The van der Waals surface area contributed by atoms with Crippen molar-refractivity contribution in [2.75, 3.05) is 0 Å². The van der Waals surface area contributed by atoms with Gasteiger partial charge >= 0.3 is 5.69 Å². The van der Waals surface area contributed by atoms with Gasteiger partial charge in [-0.05, 0) is 61.4 Å². The molecule has 0 radical (unpaired) electrons. The van der Waals surface area contributed by atoms with Crippen LogP contribution in [0.2, 0.25) is 0 Å². The zero-order valence-corrected chi connectivity index (χ0v) is 19.3. The van der Waals surface area contributed by atoms with E-state index in [-0.39, 0.29) is 5.69 Å². The van der Waals surface area contributed by atoms with Crippen LogP contribution in [0, 0.1) is 6.92 Å². The average Bonchev–Trinajstić information content (AvgIpc) is 3.57. The van der Waals surface area contributed by atoms with Gasteiger partial charge in [-0.25, -0.2) is 19.4 Å². The van der Waals surface area contributed by atoms with E-state index in [4.69, 9.17) is 4.98 Å². The molecule has 0 amide bonds. The van der Waals surface area contributed by atoms with Crippen molar-refractivity contribution in [3.05, 3.63) is 93.8 Å². The molecule has 0 saturated heterocycles. The van der Waals surface area contributed by atoms with Crippen LogP contribution in [0.25, 0.3) is 28.2 Å². The molecule has 1 fully saturated rings. The van der Waals surface area contributed by atoms with Crippen molar-refractivity contribution < 1.29 is 0 Å². The first-order valence-electron chi connectivity index (χ1n) is 11.8. The number of rotatable bonds is 6. The minimum absolute atomic E-state index is 0.183. The fraction of sp³-hybridized carbons (Fsp3) is 0.259. The van der Waals surface area contributed by atoms with Gasteiger partial charge in [0.25, 0.3) is 0 Å². The van der Waals surface area contributed by atoms with Crippen LogP contribution >= 0.6 is 0 Å². The summed E-state index contributed by atoms with van der Waals surface area (Å²) in [5, 5.41) is 4.61. The number of fused-ring (bicyclic) bond motifs is 1. The summed E-state index contributed by atoms with van der Waals surface area (Å²) in [6.45, 7) is 4.56. The maximum Gasteiger partial charge on any atom is 0.328 e. The van der Waals surface area contributed by atoms with E-state index in [2.05, 4.69) is 46.3 Å². The van der Waals surface area contributed by atoms with Crippen molar-refractivity contribution in [2.24, 2.45) is 0 Å². The monoisotopic (exact) mass is 450 g/mol. The van der Waals surface area contributed by atoms with Crippen molar-refractivity contribution in [3.8, 4) is 17.1 Å². The molecule has 34 heavy (non-hydrogen) atoms. The highest BCUT2D eigenvalue weighted by atomic mass is 16.1. The lowest BCUT2D eigenvalue weighted by Gasteiger charge is -2.09. The normalized spacial score (nSPS) is 13.6. The Labute approximate surface area is 197 Å². The van der Waals surface area contributed by atoms with Crippen molar-refractivity contribution >= 4 is 11.2 Å². The number of aromatic amines is 1. The van der Waals surface area contributed by atoms with Crippen LogP contribution in [0.15, 0.2) is 65.6 Å². The number of imidazole rings is 1. The van der Waals surface area contributed by atoms with Gasteiger partial charge in [0.2, 0.25) is 0 Å². The fourth-order valence-electron chi connectivity index (χ4n) is 4.63. The SMILES string of the molecule is CCc1cc(C)nn1-c1ccc(Cn2c(=O)[nH]c3cnc(-c4ccccc4C4CC4)nc32)cc1. The van der Waals surface area contributed by atoms with E-state index in [1.54, 1.807) is 10.8 Å². The summed E-state index contributed by atoms with van der Waals surface area (Å²) in [7, 11) is 0. The third kappa shape index (κ3) is 3.63. The highest BCUT2D eigenvalue weighted by Gasteiger charge is 2.27. The van der Waals surface area contributed by atoms with E-state index < -0.39 is 0 Å². The maximum absolute atomic E-state index is 12.8.